The van der Waals surface area contributed by atoms with Crippen molar-refractivity contribution in [3.8, 4) is 5.75 Å². The largest absolute Gasteiger partial charge is 0.496 e. The van der Waals surface area contributed by atoms with Crippen molar-refractivity contribution in [3.05, 3.63) is 65.5 Å². The fraction of sp³-hybridized carbons (Fsp3) is 0.478. The molecule has 2 fully saturated rings. The molecular weight excluding hydrogens is 327 g/mol. The maximum absolute atomic E-state index is 13.2. The van der Waals surface area contributed by atoms with Gasteiger partial charge < -0.3 is 9.84 Å². The maximum atomic E-state index is 13.2. The summed E-state index contributed by atoms with van der Waals surface area (Å²) in [5.74, 6) is 1.07. The van der Waals surface area contributed by atoms with Crippen molar-refractivity contribution in [2.24, 2.45) is 5.41 Å². The van der Waals surface area contributed by atoms with Gasteiger partial charge in [-0.1, -0.05) is 30.3 Å². The van der Waals surface area contributed by atoms with E-state index < -0.39 is 5.60 Å². The van der Waals surface area contributed by atoms with Gasteiger partial charge in [-0.15, -0.1) is 0 Å². The summed E-state index contributed by atoms with van der Waals surface area (Å²) in [5.41, 5.74) is 1.51. The van der Waals surface area contributed by atoms with Gasteiger partial charge in [-0.3, -0.25) is 0 Å². The summed E-state index contributed by atoms with van der Waals surface area (Å²) < 4.78 is 18.8. The highest BCUT2D eigenvalue weighted by Crippen LogP contribution is 2.58. The molecule has 0 radical (unpaired) electrons. The van der Waals surface area contributed by atoms with Crippen molar-refractivity contribution < 1.29 is 14.2 Å². The van der Waals surface area contributed by atoms with E-state index in [1.165, 1.54) is 12.0 Å². The van der Waals surface area contributed by atoms with Crippen molar-refractivity contribution in [1.82, 2.24) is 0 Å². The molecule has 4 rings (SSSR count). The highest BCUT2D eigenvalue weighted by Gasteiger charge is 2.49. The van der Waals surface area contributed by atoms with E-state index in [4.69, 9.17) is 4.74 Å². The van der Waals surface area contributed by atoms with Crippen LogP contribution in [0.2, 0.25) is 0 Å². The monoisotopic (exact) mass is 354 g/mol. The van der Waals surface area contributed by atoms with Crippen LogP contribution >= 0.6 is 0 Å². The Morgan fingerprint density at radius 2 is 1.81 bits per heavy atom. The van der Waals surface area contributed by atoms with E-state index in [-0.39, 0.29) is 11.2 Å². The highest BCUT2D eigenvalue weighted by atomic mass is 19.1. The molecule has 138 valence electrons. The van der Waals surface area contributed by atoms with Gasteiger partial charge in [0.2, 0.25) is 0 Å². The van der Waals surface area contributed by atoms with Crippen molar-refractivity contribution in [2.75, 3.05) is 7.11 Å². The molecule has 2 saturated carbocycles. The number of rotatable bonds is 3. The quantitative estimate of drug-likeness (QED) is 0.783. The minimum atomic E-state index is -0.817. The minimum absolute atomic E-state index is 0.174. The molecule has 2 aliphatic carbocycles. The van der Waals surface area contributed by atoms with Gasteiger partial charge >= 0.3 is 0 Å². The second-order valence-corrected chi connectivity index (χ2v) is 8.25. The van der Waals surface area contributed by atoms with Gasteiger partial charge in [0.15, 0.2) is 0 Å². The van der Waals surface area contributed by atoms with E-state index in [0.29, 0.717) is 5.92 Å². The van der Waals surface area contributed by atoms with Crippen LogP contribution in [-0.4, -0.2) is 12.2 Å². The molecule has 26 heavy (non-hydrogen) atoms. The van der Waals surface area contributed by atoms with Crippen LogP contribution in [0.3, 0.4) is 0 Å². The first-order valence-electron chi connectivity index (χ1n) is 9.65. The number of benzene rings is 2. The summed E-state index contributed by atoms with van der Waals surface area (Å²) in [6.07, 6.45) is 7.11. The zero-order valence-corrected chi connectivity index (χ0v) is 15.4. The Morgan fingerprint density at radius 3 is 2.58 bits per heavy atom. The summed E-state index contributed by atoms with van der Waals surface area (Å²) in [6, 6.07) is 14.8. The predicted molar refractivity (Wildman–Crippen MR) is 101 cm³/mol. The van der Waals surface area contributed by atoms with Crippen LogP contribution < -0.4 is 4.74 Å². The lowest BCUT2D eigenvalue weighted by molar-refractivity contribution is -0.0551. The molecule has 2 aromatic rings. The first-order chi connectivity index (χ1) is 12.5. The smallest absolute Gasteiger partial charge is 0.124 e. The van der Waals surface area contributed by atoms with Crippen molar-refractivity contribution in [1.29, 1.82) is 0 Å². The second-order valence-electron chi connectivity index (χ2n) is 8.25. The molecule has 3 atom stereocenters. The number of ether oxygens (including phenoxy) is 1. The minimum Gasteiger partial charge on any atom is -0.496 e. The Bertz CT molecular complexity index is 772. The SMILES string of the molecule is COc1ccccc1C1(O)CCCC2(CCC(c3ccc(F)cc3)C2)C1. The first kappa shape index (κ1) is 17.5. The van der Waals surface area contributed by atoms with Gasteiger partial charge in [-0.05, 0) is 80.0 Å². The molecule has 0 saturated heterocycles. The molecule has 0 heterocycles. The predicted octanol–water partition coefficient (Wildman–Crippen LogP) is 5.55. The highest BCUT2D eigenvalue weighted by molar-refractivity contribution is 5.39. The van der Waals surface area contributed by atoms with Gasteiger partial charge in [-0.2, -0.15) is 0 Å². The van der Waals surface area contributed by atoms with Crippen LogP contribution in [0.1, 0.15) is 62.0 Å². The zero-order chi connectivity index (χ0) is 18.2. The lowest BCUT2D eigenvalue weighted by atomic mass is 9.64. The summed E-state index contributed by atoms with van der Waals surface area (Å²) in [5, 5.41) is 11.5. The molecule has 3 unspecified atom stereocenters. The van der Waals surface area contributed by atoms with Crippen LogP contribution in [0.15, 0.2) is 48.5 Å². The molecule has 2 aliphatic rings. The Morgan fingerprint density at radius 1 is 1.04 bits per heavy atom. The molecule has 0 amide bonds. The first-order valence-corrected chi connectivity index (χ1v) is 9.65. The van der Waals surface area contributed by atoms with Crippen molar-refractivity contribution in [3.63, 3.8) is 0 Å². The van der Waals surface area contributed by atoms with Gasteiger partial charge in [0.05, 0.1) is 12.7 Å². The Hall–Kier alpha value is -1.87. The van der Waals surface area contributed by atoms with Crippen LogP contribution in [0.4, 0.5) is 4.39 Å². The molecule has 3 heteroatoms. The van der Waals surface area contributed by atoms with Crippen LogP contribution in [0.5, 0.6) is 5.75 Å². The van der Waals surface area contributed by atoms with Crippen LogP contribution in [0.25, 0.3) is 0 Å². The van der Waals surface area contributed by atoms with Gasteiger partial charge in [0, 0.05) is 5.56 Å². The van der Waals surface area contributed by atoms with E-state index >= 15 is 0 Å². The van der Waals surface area contributed by atoms with Gasteiger partial charge in [-0.25, -0.2) is 4.39 Å². The third kappa shape index (κ3) is 3.14. The molecular formula is C23H27FO2. The molecule has 2 aromatic carbocycles. The average Bonchev–Trinajstić information content (AvgIpc) is 3.05. The molecule has 1 spiro atoms. The lowest BCUT2D eigenvalue weighted by Crippen LogP contribution is -2.38. The summed E-state index contributed by atoms with van der Waals surface area (Å²) in [6.45, 7) is 0. The number of hydrogen-bond donors (Lipinski definition) is 1. The number of halogens is 1. The topological polar surface area (TPSA) is 29.5 Å². The normalized spacial score (nSPS) is 31.3. The Balaban J connectivity index is 1.57. The van der Waals surface area contributed by atoms with Crippen molar-refractivity contribution >= 4 is 0 Å². The number of aliphatic hydroxyl groups is 1. The molecule has 0 aromatic heterocycles. The molecule has 0 aliphatic heterocycles. The second kappa shape index (κ2) is 6.70. The number of hydrogen-bond acceptors (Lipinski definition) is 2. The molecule has 0 bridgehead atoms. The average molecular weight is 354 g/mol. The Labute approximate surface area is 155 Å². The summed E-state index contributed by atoms with van der Waals surface area (Å²) in [7, 11) is 1.67. The van der Waals surface area contributed by atoms with Crippen molar-refractivity contribution in [2.45, 2.75) is 56.5 Å². The lowest BCUT2D eigenvalue weighted by Gasteiger charge is -2.44. The third-order valence-corrected chi connectivity index (χ3v) is 6.62. The molecule has 2 nitrogen and oxygen atoms in total. The standard InChI is InChI=1S/C23H27FO2/c1-26-21-6-3-2-5-20(21)23(25)13-4-12-22(16-23)14-11-18(15-22)17-7-9-19(24)10-8-17/h2-3,5-10,18,25H,4,11-16H2,1H3. The van der Waals surface area contributed by atoms with E-state index in [0.717, 1.165) is 49.8 Å². The van der Waals surface area contributed by atoms with Crippen LogP contribution in [0, 0.1) is 11.2 Å². The fourth-order valence-corrected chi connectivity index (χ4v) is 5.43. The van der Waals surface area contributed by atoms with Gasteiger partial charge in [0.25, 0.3) is 0 Å². The Kier molecular flexibility index (Phi) is 4.52. The molecule has 1 N–H and O–H groups in total. The van der Waals surface area contributed by atoms with E-state index in [2.05, 4.69) is 0 Å². The van der Waals surface area contributed by atoms with Gasteiger partial charge in [0.1, 0.15) is 11.6 Å². The fourth-order valence-electron chi connectivity index (χ4n) is 5.43. The number of para-hydroxylation sites is 1. The van der Waals surface area contributed by atoms with E-state index in [9.17, 15) is 9.50 Å². The number of methoxy groups -OCH3 is 1. The van der Waals surface area contributed by atoms with E-state index in [1.807, 2.05) is 36.4 Å². The summed E-state index contributed by atoms with van der Waals surface area (Å²) >= 11 is 0. The van der Waals surface area contributed by atoms with Crippen LogP contribution in [-0.2, 0) is 5.60 Å². The van der Waals surface area contributed by atoms with E-state index in [1.54, 1.807) is 19.2 Å². The third-order valence-electron chi connectivity index (χ3n) is 6.62. The maximum Gasteiger partial charge on any atom is 0.124 e. The zero-order valence-electron chi connectivity index (χ0n) is 15.4. The summed E-state index contributed by atoms with van der Waals surface area (Å²) in [4.78, 5) is 0.